The number of aliphatic hydroxyl groups is 3. The highest BCUT2D eigenvalue weighted by Crippen LogP contribution is 2.43. The van der Waals surface area contributed by atoms with Gasteiger partial charge in [-0.25, -0.2) is 4.57 Å². The van der Waals surface area contributed by atoms with Crippen LogP contribution in [0.15, 0.2) is 85.3 Å². The van der Waals surface area contributed by atoms with Crippen molar-refractivity contribution in [3.05, 3.63) is 85.3 Å². The zero-order valence-corrected chi connectivity index (χ0v) is 34.6. The van der Waals surface area contributed by atoms with Crippen molar-refractivity contribution in [2.45, 2.75) is 154 Å². The van der Waals surface area contributed by atoms with Crippen molar-refractivity contribution in [3.63, 3.8) is 0 Å². The molecule has 0 aliphatic heterocycles. The second-order valence-corrected chi connectivity index (χ2v) is 14.8. The van der Waals surface area contributed by atoms with Crippen molar-refractivity contribution < 1.29 is 48.1 Å². The number of ether oxygens (including phenoxy) is 2. The molecular weight excluding hydrogens is 721 g/mol. The summed E-state index contributed by atoms with van der Waals surface area (Å²) in [6.45, 7) is 3.60. The Morgan fingerprint density at radius 2 is 1.31 bits per heavy atom. The predicted molar refractivity (Wildman–Crippen MR) is 223 cm³/mol. The van der Waals surface area contributed by atoms with Crippen LogP contribution in [-0.4, -0.2) is 77.0 Å². The summed E-state index contributed by atoms with van der Waals surface area (Å²) in [6, 6.07) is 0. The number of aliphatic hydroxyl groups excluding tert-OH is 3. The van der Waals surface area contributed by atoms with Crippen molar-refractivity contribution in [1.82, 2.24) is 0 Å². The third-order valence-corrected chi connectivity index (χ3v) is 9.19. The van der Waals surface area contributed by atoms with Crippen molar-refractivity contribution in [2.75, 3.05) is 26.4 Å². The molecule has 0 bridgehead atoms. The Kier molecular flexibility index (Phi) is 36.5. The number of hydrogen-bond acceptors (Lipinski definition) is 10. The number of carbonyl (C=O) groups excluding carboxylic acids is 1. The number of rotatable bonds is 37. The molecule has 0 aliphatic carbocycles. The standard InChI is InChI=1S/C43H74NO10P/c1-3-5-7-8-9-10-11-12-13-14-15-16-17-20-23-27-35-51-37-40(38-53-55(49,50)52-36-34-44)54-43(48)33-28-32-42(47)41(46)31-26-22-19-18-21-25-30-39(45)29-24-6-4-2/h6,10-11,18-19,21-22,24-27,30-31,35,39-42,45-47H,3-5,7-9,12-17,20,23,28-29,32-34,36-38,44H2,1-2H3,(H,49,50)/b11-10-,21-18+,22-19-,24-6-,30-25+,31-26-,35-27+/t39-,40+,41+,42+/m0/s1. The van der Waals surface area contributed by atoms with Gasteiger partial charge in [-0.3, -0.25) is 13.8 Å². The summed E-state index contributed by atoms with van der Waals surface area (Å²) in [6.07, 6.45) is 39.2. The lowest BCUT2D eigenvalue weighted by atomic mass is 10.1. The van der Waals surface area contributed by atoms with Crippen LogP contribution in [0.1, 0.15) is 129 Å². The van der Waals surface area contributed by atoms with Gasteiger partial charge < -0.3 is 35.4 Å². The third kappa shape index (κ3) is 36.8. The van der Waals surface area contributed by atoms with Crippen LogP contribution in [0.2, 0.25) is 0 Å². The molecule has 0 saturated heterocycles. The second kappa shape index (κ2) is 38.3. The molecule has 0 amide bonds. The highest BCUT2D eigenvalue weighted by atomic mass is 31.2. The van der Waals surface area contributed by atoms with Crippen LogP contribution < -0.4 is 5.73 Å². The summed E-state index contributed by atoms with van der Waals surface area (Å²) < 4.78 is 32.9. The largest absolute Gasteiger partial charge is 0.498 e. The number of hydrogen-bond donors (Lipinski definition) is 5. The molecule has 0 aromatic rings. The van der Waals surface area contributed by atoms with Gasteiger partial charge in [-0.15, -0.1) is 0 Å². The molecule has 0 aromatic heterocycles. The highest BCUT2D eigenvalue weighted by Gasteiger charge is 2.25. The number of unbranched alkanes of at least 4 members (excludes halogenated alkanes) is 11. The Bertz CT molecular complexity index is 1170. The van der Waals surface area contributed by atoms with Gasteiger partial charge in [-0.2, -0.15) is 0 Å². The minimum Gasteiger partial charge on any atom is -0.498 e. The van der Waals surface area contributed by atoms with Crippen molar-refractivity contribution in [2.24, 2.45) is 5.73 Å². The number of nitrogens with two attached hydrogens (primary N) is 1. The fourth-order valence-electron chi connectivity index (χ4n) is 5.06. The topological polar surface area (TPSA) is 178 Å². The van der Waals surface area contributed by atoms with E-state index >= 15 is 0 Å². The summed E-state index contributed by atoms with van der Waals surface area (Å²) in [4.78, 5) is 22.4. The van der Waals surface area contributed by atoms with Crippen molar-refractivity contribution in [3.8, 4) is 0 Å². The SMILES string of the molecule is CC/C=C\C[C@H](O)/C=C/C=C/C=C\C=C/[C@@H](O)[C@H](O)CCCC(=O)O[C@H](CO/C=C/CCCCCCCC/C=C\CCCCCC)COP(=O)(O)OCCN. The van der Waals surface area contributed by atoms with Crippen molar-refractivity contribution >= 4 is 13.8 Å². The van der Waals surface area contributed by atoms with E-state index in [1.54, 1.807) is 42.5 Å². The van der Waals surface area contributed by atoms with Gasteiger partial charge >= 0.3 is 13.8 Å². The molecule has 0 radical (unpaired) electrons. The molecule has 0 saturated carbocycles. The minimum atomic E-state index is -4.40. The molecule has 0 spiro atoms. The molecule has 11 nitrogen and oxygen atoms in total. The maximum atomic E-state index is 12.6. The van der Waals surface area contributed by atoms with Crippen LogP contribution in [0.3, 0.4) is 0 Å². The molecular formula is C43H74NO10P. The Morgan fingerprint density at radius 1 is 0.709 bits per heavy atom. The first-order valence-corrected chi connectivity index (χ1v) is 21.9. The van der Waals surface area contributed by atoms with Gasteiger partial charge in [0.25, 0.3) is 0 Å². The Balaban J connectivity index is 4.50. The molecule has 0 rings (SSSR count). The normalized spacial score (nSPS) is 16.1. The van der Waals surface area contributed by atoms with E-state index in [9.17, 15) is 29.6 Å². The molecule has 55 heavy (non-hydrogen) atoms. The van der Waals surface area contributed by atoms with E-state index in [0.29, 0.717) is 6.42 Å². The number of phosphoric ester groups is 1. The van der Waals surface area contributed by atoms with E-state index in [1.807, 2.05) is 25.2 Å². The average Bonchev–Trinajstić information content (AvgIpc) is 3.16. The van der Waals surface area contributed by atoms with Gasteiger partial charge in [-0.1, -0.05) is 132 Å². The van der Waals surface area contributed by atoms with Crippen LogP contribution in [0.25, 0.3) is 0 Å². The van der Waals surface area contributed by atoms with Crippen LogP contribution in [0.5, 0.6) is 0 Å². The molecule has 316 valence electrons. The summed E-state index contributed by atoms with van der Waals surface area (Å²) in [5, 5.41) is 30.4. The molecule has 0 fully saturated rings. The molecule has 6 N–H and O–H groups in total. The molecule has 1 unspecified atom stereocenters. The molecule has 12 heteroatoms. The van der Waals surface area contributed by atoms with Crippen LogP contribution in [0.4, 0.5) is 0 Å². The zero-order chi connectivity index (χ0) is 40.7. The van der Waals surface area contributed by atoms with Crippen LogP contribution in [-0.2, 0) is 27.9 Å². The maximum absolute atomic E-state index is 12.6. The molecule has 5 atom stereocenters. The van der Waals surface area contributed by atoms with E-state index < -0.39 is 44.8 Å². The Labute approximate surface area is 332 Å². The Hall–Kier alpha value is -2.60. The Morgan fingerprint density at radius 3 is 1.95 bits per heavy atom. The highest BCUT2D eigenvalue weighted by molar-refractivity contribution is 7.47. The summed E-state index contributed by atoms with van der Waals surface area (Å²) >= 11 is 0. The first-order chi connectivity index (χ1) is 26.6. The van der Waals surface area contributed by atoms with E-state index in [2.05, 4.69) is 19.1 Å². The van der Waals surface area contributed by atoms with Gasteiger partial charge in [0, 0.05) is 13.0 Å². The third-order valence-electron chi connectivity index (χ3n) is 8.20. The number of phosphoric acid groups is 1. The van der Waals surface area contributed by atoms with Gasteiger partial charge in [-0.05, 0) is 70.3 Å². The van der Waals surface area contributed by atoms with Gasteiger partial charge in [0.2, 0.25) is 0 Å². The number of carbonyl (C=O) groups is 1. The molecule has 0 aliphatic rings. The lowest BCUT2D eigenvalue weighted by Crippen LogP contribution is -2.28. The molecule has 0 aromatic carbocycles. The lowest BCUT2D eigenvalue weighted by molar-refractivity contribution is -0.153. The molecule has 0 heterocycles. The second-order valence-electron chi connectivity index (χ2n) is 13.4. The van der Waals surface area contributed by atoms with E-state index in [1.165, 1.54) is 76.5 Å². The first-order valence-electron chi connectivity index (χ1n) is 20.5. The average molecular weight is 796 g/mol. The van der Waals surface area contributed by atoms with Gasteiger partial charge in [0.15, 0.2) is 6.10 Å². The van der Waals surface area contributed by atoms with Crippen molar-refractivity contribution in [1.29, 1.82) is 0 Å². The van der Waals surface area contributed by atoms with E-state index in [-0.39, 0.29) is 39.0 Å². The lowest BCUT2D eigenvalue weighted by Gasteiger charge is -2.19. The summed E-state index contributed by atoms with van der Waals surface area (Å²) in [5.74, 6) is -0.610. The van der Waals surface area contributed by atoms with Crippen LogP contribution >= 0.6 is 7.82 Å². The summed E-state index contributed by atoms with van der Waals surface area (Å²) in [5.41, 5.74) is 5.33. The summed E-state index contributed by atoms with van der Waals surface area (Å²) in [7, 11) is -4.40. The zero-order valence-electron chi connectivity index (χ0n) is 33.7. The van der Waals surface area contributed by atoms with Crippen LogP contribution in [0, 0.1) is 0 Å². The van der Waals surface area contributed by atoms with Gasteiger partial charge in [0.05, 0.1) is 37.8 Å². The minimum absolute atomic E-state index is 0.0313. The van der Waals surface area contributed by atoms with E-state index in [4.69, 9.17) is 24.3 Å². The first kappa shape index (κ1) is 52.4. The maximum Gasteiger partial charge on any atom is 0.472 e. The number of allylic oxidation sites excluding steroid dienone is 10. The quantitative estimate of drug-likeness (QED) is 0.0101. The monoisotopic (exact) mass is 796 g/mol. The fraction of sp³-hybridized carbons (Fsp3) is 0.651. The van der Waals surface area contributed by atoms with Gasteiger partial charge in [0.1, 0.15) is 6.61 Å². The smallest absolute Gasteiger partial charge is 0.472 e. The number of esters is 1. The predicted octanol–water partition coefficient (Wildman–Crippen LogP) is 9.00. The fourth-order valence-corrected chi connectivity index (χ4v) is 5.83. The van der Waals surface area contributed by atoms with E-state index in [0.717, 1.165) is 25.7 Å².